The van der Waals surface area contributed by atoms with Crippen LogP contribution in [0.5, 0.6) is 0 Å². The summed E-state index contributed by atoms with van der Waals surface area (Å²) < 4.78 is 34.7. The van der Waals surface area contributed by atoms with Gasteiger partial charge in [-0.25, -0.2) is 18.1 Å². The summed E-state index contributed by atoms with van der Waals surface area (Å²) in [6.45, 7) is 4.83. The molecule has 1 saturated carbocycles. The minimum absolute atomic E-state index is 0.245. The second-order valence-electron chi connectivity index (χ2n) is 11.6. The number of fused-ring (bicyclic) bond motifs is 2. The summed E-state index contributed by atoms with van der Waals surface area (Å²) in [5, 5.41) is 18.1. The molecule has 3 aromatic rings. The predicted octanol–water partition coefficient (Wildman–Crippen LogP) is 2.12. The molecule has 5 heterocycles. The minimum atomic E-state index is -3.65. The Labute approximate surface area is 233 Å². The molecule has 3 aliphatic heterocycles. The van der Waals surface area contributed by atoms with Crippen LogP contribution in [0, 0.1) is 12.3 Å². The quantitative estimate of drug-likeness (QED) is 0.417. The van der Waals surface area contributed by atoms with Gasteiger partial charge in [0.1, 0.15) is 5.69 Å². The fourth-order valence-electron chi connectivity index (χ4n) is 6.25. The molecule has 4 aliphatic rings. The molecule has 1 aliphatic carbocycles. The number of aryl methyl sites for hydroxylation is 1. The SMILES string of the molecule is Cc1cc(-n2cc(-c3ccc(NS(=O)(=O)CCO)cc3N3CCC4(CC3)CC4)nn2)nc(N2C[C@H]3CC2CO3)n1. The van der Waals surface area contributed by atoms with E-state index in [1.807, 2.05) is 31.3 Å². The van der Waals surface area contributed by atoms with E-state index in [4.69, 9.17) is 14.8 Å². The first kappa shape index (κ1) is 25.7. The molecule has 7 rings (SSSR count). The van der Waals surface area contributed by atoms with Crippen molar-refractivity contribution in [2.75, 3.05) is 53.1 Å². The van der Waals surface area contributed by atoms with Crippen LogP contribution in [-0.2, 0) is 14.8 Å². The molecule has 3 saturated heterocycles. The van der Waals surface area contributed by atoms with Crippen molar-refractivity contribution in [3.05, 3.63) is 36.2 Å². The molecule has 4 fully saturated rings. The maximum atomic E-state index is 12.4. The molecule has 2 bridgehead atoms. The molecular formula is C27H34N8O4S. The van der Waals surface area contributed by atoms with Gasteiger partial charge in [0.25, 0.3) is 0 Å². The first-order chi connectivity index (χ1) is 19.3. The Morgan fingerprint density at radius 3 is 2.67 bits per heavy atom. The molecule has 1 spiro atoms. The lowest BCUT2D eigenvalue weighted by molar-refractivity contribution is 0.0986. The highest BCUT2D eigenvalue weighted by molar-refractivity contribution is 7.92. The van der Waals surface area contributed by atoms with Crippen LogP contribution in [0.15, 0.2) is 30.5 Å². The van der Waals surface area contributed by atoms with E-state index in [1.54, 1.807) is 10.7 Å². The van der Waals surface area contributed by atoms with E-state index in [1.165, 1.54) is 12.8 Å². The number of hydrogen-bond donors (Lipinski definition) is 2. The molecule has 12 nitrogen and oxygen atoms in total. The van der Waals surface area contributed by atoms with Crippen LogP contribution in [0.4, 0.5) is 17.3 Å². The molecule has 1 unspecified atom stereocenters. The molecule has 2 atom stereocenters. The molecule has 40 heavy (non-hydrogen) atoms. The Bertz CT molecular complexity index is 1530. The van der Waals surface area contributed by atoms with Crippen molar-refractivity contribution in [1.29, 1.82) is 0 Å². The molecule has 0 amide bonds. The zero-order valence-corrected chi connectivity index (χ0v) is 23.3. The van der Waals surface area contributed by atoms with Gasteiger partial charge in [-0.15, -0.1) is 5.10 Å². The fraction of sp³-hybridized carbons (Fsp3) is 0.556. The van der Waals surface area contributed by atoms with E-state index >= 15 is 0 Å². The van der Waals surface area contributed by atoms with Gasteiger partial charge in [-0.3, -0.25) is 4.72 Å². The van der Waals surface area contributed by atoms with Gasteiger partial charge in [-0.05, 0) is 62.6 Å². The maximum Gasteiger partial charge on any atom is 0.234 e. The first-order valence-corrected chi connectivity index (χ1v) is 15.6. The van der Waals surface area contributed by atoms with Crippen LogP contribution < -0.4 is 14.5 Å². The number of morpholine rings is 1. The van der Waals surface area contributed by atoms with Crippen LogP contribution in [-0.4, -0.2) is 89.2 Å². The van der Waals surface area contributed by atoms with Crippen molar-refractivity contribution in [2.24, 2.45) is 5.41 Å². The van der Waals surface area contributed by atoms with Crippen molar-refractivity contribution < 1.29 is 18.3 Å². The average Bonchev–Trinajstić information content (AvgIpc) is 3.32. The van der Waals surface area contributed by atoms with Crippen LogP contribution in [0.3, 0.4) is 0 Å². The summed E-state index contributed by atoms with van der Waals surface area (Å²) in [6, 6.07) is 7.69. The topological polar surface area (TPSA) is 139 Å². The van der Waals surface area contributed by atoms with E-state index in [9.17, 15) is 8.42 Å². The maximum absolute atomic E-state index is 12.4. The second kappa shape index (κ2) is 9.67. The molecule has 0 radical (unpaired) electrons. The van der Waals surface area contributed by atoms with E-state index in [2.05, 4.69) is 29.8 Å². The summed E-state index contributed by atoms with van der Waals surface area (Å²) in [5.41, 5.74) is 4.29. The van der Waals surface area contributed by atoms with Crippen LogP contribution in [0.25, 0.3) is 17.1 Å². The van der Waals surface area contributed by atoms with Gasteiger partial charge >= 0.3 is 0 Å². The van der Waals surface area contributed by atoms with Gasteiger partial charge in [-0.2, -0.15) is 4.98 Å². The highest BCUT2D eigenvalue weighted by Crippen LogP contribution is 2.54. The van der Waals surface area contributed by atoms with E-state index in [0.29, 0.717) is 41.2 Å². The molecule has 1 aromatic carbocycles. The van der Waals surface area contributed by atoms with Gasteiger partial charge in [0, 0.05) is 42.6 Å². The average molecular weight is 567 g/mol. The van der Waals surface area contributed by atoms with Gasteiger partial charge in [0.15, 0.2) is 5.82 Å². The summed E-state index contributed by atoms with van der Waals surface area (Å²) >= 11 is 0. The molecule has 212 valence electrons. The first-order valence-electron chi connectivity index (χ1n) is 14.0. The number of hydrogen-bond acceptors (Lipinski definition) is 10. The van der Waals surface area contributed by atoms with Crippen molar-refractivity contribution in [3.63, 3.8) is 0 Å². The Balaban J connectivity index is 1.20. The number of nitrogens with zero attached hydrogens (tertiary/aromatic N) is 7. The highest BCUT2D eigenvalue weighted by Gasteiger charge is 2.44. The Morgan fingerprint density at radius 1 is 1.15 bits per heavy atom. The van der Waals surface area contributed by atoms with Crippen molar-refractivity contribution >= 4 is 27.3 Å². The zero-order chi connectivity index (χ0) is 27.5. The Morgan fingerprint density at radius 2 is 1.98 bits per heavy atom. The number of benzene rings is 1. The smallest absolute Gasteiger partial charge is 0.234 e. The zero-order valence-electron chi connectivity index (χ0n) is 22.5. The monoisotopic (exact) mass is 566 g/mol. The second-order valence-corrected chi connectivity index (χ2v) is 13.4. The molecular weight excluding hydrogens is 532 g/mol. The lowest BCUT2D eigenvalue weighted by Gasteiger charge is -2.35. The summed E-state index contributed by atoms with van der Waals surface area (Å²) in [5.74, 6) is 0.982. The number of aromatic nitrogens is 5. The van der Waals surface area contributed by atoms with Crippen LogP contribution in [0.1, 0.15) is 37.8 Å². The predicted molar refractivity (Wildman–Crippen MR) is 150 cm³/mol. The van der Waals surface area contributed by atoms with Gasteiger partial charge in [0.05, 0.1) is 43.0 Å². The van der Waals surface area contributed by atoms with Crippen LogP contribution in [0.2, 0.25) is 0 Å². The third-order valence-corrected chi connectivity index (χ3v) is 10.0. The van der Waals surface area contributed by atoms with Crippen molar-refractivity contribution in [1.82, 2.24) is 25.0 Å². The normalized spacial score (nSPS) is 23.2. The number of rotatable bonds is 8. The fourth-order valence-corrected chi connectivity index (χ4v) is 7.08. The largest absolute Gasteiger partial charge is 0.395 e. The number of piperidine rings is 1. The third-order valence-electron chi connectivity index (χ3n) is 8.74. The summed E-state index contributed by atoms with van der Waals surface area (Å²) in [6.07, 6.45) is 7.98. The highest BCUT2D eigenvalue weighted by atomic mass is 32.2. The Kier molecular flexibility index (Phi) is 6.20. The van der Waals surface area contributed by atoms with E-state index in [0.717, 1.165) is 55.8 Å². The third kappa shape index (κ3) is 4.90. The van der Waals surface area contributed by atoms with Crippen LogP contribution >= 0.6 is 0 Å². The van der Waals surface area contributed by atoms with E-state index < -0.39 is 16.6 Å². The standard InChI is InChI=1S/C27H34N8O4S/c1-18-12-25(29-26(28-18)34-15-21-14-20(34)17-39-21)35-16-23(30-32-35)22-3-2-19(31-40(37,38)11-10-36)13-24(22)33-8-6-27(4-5-27)7-9-33/h2-3,12-13,16,20-21,31,36H,4-11,14-15,17H2,1H3/t20?,21-/m1/s1. The lowest BCUT2D eigenvalue weighted by Crippen LogP contribution is -2.38. The Hall–Kier alpha value is -3.29. The number of aliphatic hydroxyl groups excluding tert-OH is 1. The summed E-state index contributed by atoms with van der Waals surface area (Å²) in [7, 11) is -3.65. The molecule has 2 N–H and O–H groups in total. The minimum Gasteiger partial charge on any atom is -0.395 e. The van der Waals surface area contributed by atoms with Gasteiger partial charge in [0.2, 0.25) is 16.0 Å². The number of anilines is 3. The number of ether oxygens (including phenoxy) is 1. The van der Waals surface area contributed by atoms with E-state index in [-0.39, 0.29) is 11.9 Å². The molecule has 13 heteroatoms. The van der Waals surface area contributed by atoms with Gasteiger partial charge < -0.3 is 19.6 Å². The van der Waals surface area contributed by atoms with Gasteiger partial charge in [-0.1, -0.05) is 5.21 Å². The molecule has 2 aromatic heterocycles. The number of aliphatic hydroxyl groups is 1. The lowest BCUT2D eigenvalue weighted by atomic mass is 9.93. The van der Waals surface area contributed by atoms with Crippen molar-refractivity contribution in [2.45, 2.75) is 51.2 Å². The summed E-state index contributed by atoms with van der Waals surface area (Å²) in [4.78, 5) is 14.1. The number of sulfonamides is 1. The van der Waals surface area contributed by atoms with Crippen molar-refractivity contribution in [3.8, 4) is 17.1 Å². The number of nitrogens with one attached hydrogen (secondary N) is 1.